The van der Waals surface area contributed by atoms with E-state index in [9.17, 15) is 14.7 Å². The minimum Gasteiger partial charge on any atom is -0.506 e. The van der Waals surface area contributed by atoms with Gasteiger partial charge in [0.1, 0.15) is 5.75 Å². The number of H-pyrrole nitrogens is 1. The molecule has 120 valence electrons. The maximum absolute atomic E-state index is 12.6. The summed E-state index contributed by atoms with van der Waals surface area (Å²) in [7, 11) is 0. The van der Waals surface area contributed by atoms with Crippen LogP contribution in [0.2, 0.25) is 0 Å². The molecule has 24 heavy (non-hydrogen) atoms. The van der Waals surface area contributed by atoms with Crippen LogP contribution in [0.25, 0.3) is 0 Å². The molecule has 0 atom stereocenters. The van der Waals surface area contributed by atoms with E-state index in [1.165, 1.54) is 12.1 Å². The summed E-state index contributed by atoms with van der Waals surface area (Å²) in [6.45, 7) is 1.73. The number of aromatic hydroxyl groups is 1. The van der Waals surface area contributed by atoms with E-state index in [-0.39, 0.29) is 28.6 Å². The first-order valence-corrected chi connectivity index (χ1v) is 7.04. The van der Waals surface area contributed by atoms with Crippen molar-refractivity contribution in [1.29, 1.82) is 0 Å². The lowest BCUT2D eigenvalue weighted by atomic mass is 9.97. The SMILES string of the molecule is Cc1cc(C(=O)Nc2nnn[nH]2)c(O)c(C(=O)c2ccccc2)c1. The third kappa shape index (κ3) is 2.98. The van der Waals surface area contributed by atoms with E-state index in [0.29, 0.717) is 11.1 Å². The van der Waals surface area contributed by atoms with Gasteiger partial charge in [-0.1, -0.05) is 35.4 Å². The molecular formula is C16H13N5O3. The van der Waals surface area contributed by atoms with Gasteiger partial charge in [0.25, 0.3) is 5.91 Å². The second-order valence-electron chi connectivity index (χ2n) is 5.11. The van der Waals surface area contributed by atoms with Gasteiger partial charge >= 0.3 is 0 Å². The molecule has 3 aromatic rings. The van der Waals surface area contributed by atoms with E-state index in [4.69, 9.17) is 0 Å². The predicted molar refractivity (Wildman–Crippen MR) is 84.8 cm³/mol. The molecule has 0 aliphatic rings. The number of carbonyl (C=O) groups is 2. The topological polar surface area (TPSA) is 121 Å². The molecule has 3 rings (SSSR count). The highest BCUT2D eigenvalue weighted by atomic mass is 16.3. The molecule has 0 saturated carbocycles. The molecule has 1 aromatic heterocycles. The molecule has 8 nitrogen and oxygen atoms in total. The first-order valence-electron chi connectivity index (χ1n) is 7.04. The molecule has 1 heterocycles. The lowest BCUT2D eigenvalue weighted by molar-refractivity contribution is 0.102. The summed E-state index contributed by atoms with van der Waals surface area (Å²) in [6, 6.07) is 11.5. The number of phenolic OH excluding ortho intramolecular Hbond substituents is 1. The molecule has 0 unspecified atom stereocenters. The van der Waals surface area contributed by atoms with Crippen molar-refractivity contribution in [2.75, 3.05) is 5.32 Å². The van der Waals surface area contributed by atoms with E-state index in [1.54, 1.807) is 37.3 Å². The van der Waals surface area contributed by atoms with Crippen LogP contribution in [0.3, 0.4) is 0 Å². The average molecular weight is 323 g/mol. The largest absolute Gasteiger partial charge is 0.506 e. The van der Waals surface area contributed by atoms with E-state index in [0.717, 1.165) is 0 Å². The highest BCUT2D eigenvalue weighted by Gasteiger charge is 2.21. The Kier molecular flexibility index (Phi) is 4.02. The molecule has 0 fully saturated rings. The summed E-state index contributed by atoms with van der Waals surface area (Å²) in [5.74, 6) is -1.35. The Labute approximate surface area is 136 Å². The molecule has 0 aliphatic carbocycles. The lowest BCUT2D eigenvalue weighted by Crippen LogP contribution is -2.15. The van der Waals surface area contributed by atoms with Gasteiger partial charge in [-0.05, 0) is 35.0 Å². The zero-order chi connectivity index (χ0) is 17.1. The van der Waals surface area contributed by atoms with Crippen LogP contribution in [0.1, 0.15) is 31.8 Å². The normalized spacial score (nSPS) is 10.4. The fourth-order valence-corrected chi connectivity index (χ4v) is 2.26. The van der Waals surface area contributed by atoms with Crippen LogP contribution < -0.4 is 5.32 Å². The number of aryl methyl sites for hydroxylation is 1. The number of anilines is 1. The number of ketones is 1. The summed E-state index contributed by atoms with van der Waals surface area (Å²) >= 11 is 0. The number of rotatable bonds is 4. The number of hydrogen-bond donors (Lipinski definition) is 3. The van der Waals surface area contributed by atoms with Crippen LogP contribution in [0.4, 0.5) is 5.95 Å². The van der Waals surface area contributed by atoms with Crippen molar-refractivity contribution < 1.29 is 14.7 Å². The maximum Gasteiger partial charge on any atom is 0.261 e. The van der Waals surface area contributed by atoms with Gasteiger partial charge < -0.3 is 5.11 Å². The van der Waals surface area contributed by atoms with Crippen LogP contribution >= 0.6 is 0 Å². The van der Waals surface area contributed by atoms with Crippen LogP contribution in [-0.4, -0.2) is 37.4 Å². The third-order valence-electron chi connectivity index (χ3n) is 3.36. The monoisotopic (exact) mass is 323 g/mol. The number of aromatic amines is 1. The molecule has 0 radical (unpaired) electrons. The number of carbonyl (C=O) groups excluding carboxylic acids is 2. The first kappa shape index (κ1) is 15.3. The maximum atomic E-state index is 12.6. The molecule has 0 aliphatic heterocycles. The average Bonchev–Trinajstić information content (AvgIpc) is 3.09. The molecule has 0 bridgehead atoms. The minimum absolute atomic E-state index is 0.0364. The number of benzene rings is 2. The quantitative estimate of drug-likeness (QED) is 0.628. The van der Waals surface area contributed by atoms with Crippen molar-refractivity contribution in [2.45, 2.75) is 6.92 Å². The van der Waals surface area contributed by atoms with Crippen molar-refractivity contribution in [3.05, 3.63) is 64.7 Å². The Morgan fingerprint density at radius 1 is 1.12 bits per heavy atom. The van der Waals surface area contributed by atoms with Crippen LogP contribution in [-0.2, 0) is 0 Å². The van der Waals surface area contributed by atoms with E-state index < -0.39 is 5.91 Å². The van der Waals surface area contributed by atoms with E-state index in [2.05, 4.69) is 25.9 Å². The van der Waals surface area contributed by atoms with Gasteiger partial charge in [0.05, 0.1) is 11.1 Å². The number of hydrogen-bond acceptors (Lipinski definition) is 6. The fourth-order valence-electron chi connectivity index (χ4n) is 2.26. The summed E-state index contributed by atoms with van der Waals surface area (Å²) in [5.41, 5.74) is 1.10. The van der Waals surface area contributed by atoms with Crippen molar-refractivity contribution in [3.8, 4) is 5.75 Å². The van der Waals surface area contributed by atoms with Gasteiger partial charge in [0.15, 0.2) is 5.78 Å². The standard InChI is InChI=1S/C16H13N5O3/c1-9-7-11(13(22)10-5-3-2-4-6-10)14(23)12(8-9)15(24)17-16-18-20-21-19-16/h2-8,23H,1H3,(H2,17,18,19,20,21,24). The van der Waals surface area contributed by atoms with Gasteiger partial charge in [-0.2, -0.15) is 0 Å². The van der Waals surface area contributed by atoms with Crippen molar-refractivity contribution in [3.63, 3.8) is 0 Å². The van der Waals surface area contributed by atoms with Crippen LogP contribution in [0.5, 0.6) is 5.75 Å². The summed E-state index contributed by atoms with van der Waals surface area (Å²) in [5, 5.41) is 25.4. The smallest absolute Gasteiger partial charge is 0.261 e. The molecule has 1 amide bonds. The summed E-state index contributed by atoms with van der Waals surface area (Å²) in [4.78, 5) is 24.9. The van der Waals surface area contributed by atoms with Crippen LogP contribution in [0.15, 0.2) is 42.5 Å². The van der Waals surface area contributed by atoms with Gasteiger partial charge in [0.2, 0.25) is 5.95 Å². The molecule has 3 N–H and O–H groups in total. The number of aromatic nitrogens is 4. The predicted octanol–water partition coefficient (Wildman–Crippen LogP) is 1.70. The van der Waals surface area contributed by atoms with Gasteiger partial charge in [-0.3, -0.25) is 14.9 Å². The Morgan fingerprint density at radius 2 is 1.83 bits per heavy atom. The summed E-state index contributed by atoms with van der Waals surface area (Å²) < 4.78 is 0. The molecule has 8 heteroatoms. The highest BCUT2D eigenvalue weighted by Crippen LogP contribution is 2.27. The number of phenols is 1. The number of amides is 1. The van der Waals surface area contributed by atoms with E-state index in [1.807, 2.05) is 0 Å². The van der Waals surface area contributed by atoms with Crippen molar-refractivity contribution in [1.82, 2.24) is 20.6 Å². The van der Waals surface area contributed by atoms with Crippen LogP contribution in [0, 0.1) is 6.92 Å². The Hall–Kier alpha value is -3.55. The second-order valence-corrected chi connectivity index (χ2v) is 5.11. The summed E-state index contributed by atoms with van der Waals surface area (Å²) in [6.07, 6.45) is 0. The Balaban J connectivity index is 1.99. The Bertz CT molecular complexity index is 892. The third-order valence-corrected chi connectivity index (χ3v) is 3.36. The van der Waals surface area contributed by atoms with Gasteiger partial charge in [-0.25, -0.2) is 5.10 Å². The molecule has 0 spiro atoms. The molecular weight excluding hydrogens is 310 g/mol. The second kappa shape index (κ2) is 6.29. The minimum atomic E-state index is -0.628. The van der Waals surface area contributed by atoms with Gasteiger partial charge in [-0.15, -0.1) is 0 Å². The number of nitrogens with zero attached hydrogens (tertiary/aromatic N) is 3. The fraction of sp³-hybridized carbons (Fsp3) is 0.0625. The zero-order valence-corrected chi connectivity index (χ0v) is 12.6. The van der Waals surface area contributed by atoms with Crippen molar-refractivity contribution in [2.24, 2.45) is 0 Å². The van der Waals surface area contributed by atoms with Gasteiger partial charge in [0, 0.05) is 5.56 Å². The lowest BCUT2D eigenvalue weighted by Gasteiger charge is -2.10. The van der Waals surface area contributed by atoms with Crippen molar-refractivity contribution >= 4 is 17.6 Å². The zero-order valence-electron chi connectivity index (χ0n) is 12.6. The highest BCUT2D eigenvalue weighted by molar-refractivity contribution is 6.14. The first-order chi connectivity index (χ1) is 11.6. The molecule has 2 aromatic carbocycles. The number of tetrazole rings is 1. The van der Waals surface area contributed by atoms with E-state index >= 15 is 0 Å². The molecule has 0 saturated heterocycles. The number of nitrogens with one attached hydrogen (secondary N) is 2. The Morgan fingerprint density at radius 3 is 2.50 bits per heavy atom.